The molecule has 0 saturated carbocycles. The molecule has 2 N–H and O–H groups in total. The molecule has 1 fully saturated rings. The summed E-state index contributed by atoms with van der Waals surface area (Å²) in [6.45, 7) is 0.306. The van der Waals surface area contributed by atoms with Crippen molar-refractivity contribution in [3.05, 3.63) is 0 Å². The minimum Gasteiger partial charge on any atom is -0.216 e. The average molecular weight is 278 g/mol. The molecule has 7 nitrogen and oxygen atoms in total. The molecule has 0 aromatic heterocycles. The van der Waals surface area contributed by atoms with E-state index >= 15 is 0 Å². The van der Waals surface area contributed by atoms with Gasteiger partial charge in [-0.2, -0.15) is 17.0 Å². The van der Waals surface area contributed by atoms with Gasteiger partial charge in [0.2, 0.25) is 10.0 Å². The van der Waals surface area contributed by atoms with Crippen molar-refractivity contribution in [3.63, 3.8) is 0 Å². The number of nitrogens with two attached hydrogens (primary N) is 1. The molecular weight excluding hydrogens is 266 g/mol. The highest BCUT2D eigenvalue weighted by atomic mass is 35.5. The Bertz CT molecular complexity index is 412. The lowest BCUT2D eigenvalue weighted by Gasteiger charge is -2.31. The number of sulfonamides is 1. The first-order valence-electron chi connectivity index (χ1n) is 4.09. The molecule has 0 atom stereocenters. The second-order valence-corrected chi connectivity index (χ2v) is 7.16. The summed E-state index contributed by atoms with van der Waals surface area (Å²) in [6, 6.07) is 0. The zero-order valence-electron chi connectivity index (χ0n) is 7.83. The Morgan fingerprint density at radius 2 is 1.40 bits per heavy atom. The summed E-state index contributed by atoms with van der Waals surface area (Å²) in [6.07, 6.45) is 0. The van der Waals surface area contributed by atoms with Gasteiger partial charge in [0, 0.05) is 26.2 Å². The summed E-state index contributed by atoms with van der Waals surface area (Å²) in [5, 5.41) is 4.40. The van der Waals surface area contributed by atoms with Gasteiger partial charge in [0.1, 0.15) is 5.21 Å². The lowest BCUT2D eigenvalue weighted by Crippen LogP contribution is -2.52. The van der Waals surface area contributed by atoms with Crippen molar-refractivity contribution in [2.24, 2.45) is 5.14 Å². The van der Waals surface area contributed by atoms with E-state index in [1.54, 1.807) is 0 Å². The van der Waals surface area contributed by atoms with Crippen molar-refractivity contribution in [1.29, 1.82) is 0 Å². The Kier molecular flexibility index (Phi) is 3.95. The number of hydrogen-bond donors (Lipinski definition) is 1. The molecule has 0 amide bonds. The molecule has 0 radical (unpaired) electrons. The summed E-state index contributed by atoms with van der Waals surface area (Å²) in [5.74, 6) is 0. The zero-order chi connectivity index (χ0) is 11.7. The van der Waals surface area contributed by atoms with Gasteiger partial charge in [0.25, 0.3) is 10.2 Å². The fourth-order valence-corrected chi connectivity index (χ4v) is 3.22. The molecule has 90 valence electrons. The Balaban J connectivity index is 2.65. The van der Waals surface area contributed by atoms with Crippen LogP contribution in [0.25, 0.3) is 0 Å². The van der Waals surface area contributed by atoms with Crippen molar-refractivity contribution in [2.75, 3.05) is 31.4 Å². The van der Waals surface area contributed by atoms with Gasteiger partial charge >= 0.3 is 0 Å². The molecule has 15 heavy (non-hydrogen) atoms. The van der Waals surface area contributed by atoms with Crippen LogP contribution in [-0.4, -0.2) is 56.8 Å². The van der Waals surface area contributed by atoms with Crippen LogP contribution in [0.15, 0.2) is 0 Å². The quantitative estimate of drug-likeness (QED) is 0.624. The number of halogens is 1. The van der Waals surface area contributed by atoms with Crippen molar-refractivity contribution < 1.29 is 16.8 Å². The zero-order valence-corrected chi connectivity index (χ0v) is 10.2. The normalized spacial score (nSPS) is 21.7. The minimum atomic E-state index is -3.72. The molecule has 0 spiro atoms. The highest BCUT2D eigenvalue weighted by molar-refractivity contribution is 7.90. The third-order valence-electron chi connectivity index (χ3n) is 2.09. The molecule has 1 aliphatic heterocycles. The number of hydrogen-bond acceptors (Lipinski definition) is 4. The number of rotatable bonds is 3. The van der Waals surface area contributed by atoms with Crippen molar-refractivity contribution in [2.45, 2.75) is 0 Å². The smallest absolute Gasteiger partial charge is 0.216 e. The minimum absolute atomic E-state index is 0.0644. The molecular formula is C5H12ClN3O4S2. The van der Waals surface area contributed by atoms with Gasteiger partial charge in [-0.05, 0) is 0 Å². The summed E-state index contributed by atoms with van der Waals surface area (Å²) in [4.78, 5) is 0. The fourth-order valence-electron chi connectivity index (χ4n) is 1.27. The van der Waals surface area contributed by atoms with Crippen LogP contribution in [-0.2, 0) is 20.2 Å². The summed E-state index contributed by atoms with van der Waals surface area (Å²) < 4.78 is 46.6. The number of piperazine rings is 1. The Labute approximate surface area is 94.0 Å². The van der Waals surface area contributed by atoms with E-state index in [1.807, 2.05) is 0 Å². The van der Waals surface area contributed by atoms with Gasteiger partial charge < -0.3 is 0 Å². The molecule has 1 rings (SSSR count). The van der Waals surface area contributed by atoms with Gasteiger partial charge in [0.15, 0.2) is 0 Å². The van der Waals surface area contributed by atoms with Crippen molar-refractivity contribution >= 4 is 31.8 Å². The summed E-state index contributed by atoms with van der Waals surface area (Å²) in [5.41, 5.74) is 0. The van der Waals surface area contributed by atoms with Gasteiger partial charge in [-0.1, -0.05) is 0 Å². The van der Waals surface area contributed by atoms with E-state index in [-0.39, 0.29) is 26.2 Å². The predicted molar refractivity (Wildman–Crippen MR) is 55.9 cm³/mol. The lowest BCUT2D eigenvalue weighted by molar-refractivity contribution is 0.274. The van der Waals surface area contributed by atoms with E-state index in [0.29, 0.717) is 0 Å². The van der Waals surface area contributed by atoms with Gasteiger partial charge in [-0.15, -0.1) is 11.6 Å². The van der Waals surface area contributed by atoms with Gasteiger partial charge in [-0.25, -0.2) is 13.6 Å². The lowest BCUT2D eigenvalue weighted by atomic mass is 10.4. The molecule has 1 aliphatic rings. The first-order chi connectivity index (χ1) is 6.77. The van der Waals surface area contributed by atoms with Gasteiger partial charge in [0.05, 0.1) is 0 Å². The molecule has 0 bridgehead atoms. The Morgan fingerprint density at radius 3 is 1.73 bits per heavy atom. The van der Waals surface area contributed by atoms with Crippen LogP contribution < -0.4 is 5.14 Å². The van der Waals surface area contributed by atoms with Crippen LogP contribution in [0.3, 0.4) is 0 Å². The Hall–Kier alpha value is 0.0700. The average Bonchev–Trinajstić information content (AvgIpc) is 2.17. The highest BCUT2D eigenvalue weighted by Crippen LogP contribution is 2.10. The van der Waals surface area contributed by atoms with Crippen molar-refractivity contribution in [1.82, 2.24) is 8.61 Å². The largest absolute Gasteiger partial charge is 0.276 e. The first kappa shape index (κ1) is 13.1. The SMILES string of the molecule is NS(=O)(=O)N1CCN(S(=O)(=O)CCl)CC1. The molecule has 0 unspecified atom stereocenters. The van der Waals surface area contributed by atoms with E-state index < -0.39 is 25.4 Å². The first-order valence-corrected chi connectivity index (χ1v) is 7.74. The molecule has 0 aliphatic carbocycles. The Morgan fingerprint density at radius 1 is 1.00 bits per heavy atom. The monoisotopic (exact) mass is 277 g/mol. The molecule has 1 heterocycles. The third kappa shape index (κ3) is 3.26. The van der Waals surface area contributed by atoms with E-state index in [9.17, 15) is 16.8 Å². The standard InChI is InChI=1S/C5H12ClN3O4S2/c6-5-14(10,11)8-1-3-9(4-2-8)15(7,12)13/h1-5H2,(H2,7,12,13). The molecule has 0 aromatic carbocycles. The summed E-state index contributed by atoms with van der Waals surface area (Å²) >= 11 is 5.27. The fraction of sp³-hybridized carbons (Fsp3) is 1.00. The topological polar surface area (TPSA) is 101 Å². The van der Waals surface area contributed by atoms with Crippen LogP contribution in [0.4, 0.5) is 0 Å². The third-order valence-corrected chi connectivity index (χ3v) is 5.43. The predicted octanol–water partition coefficient (Wildman–Crippen LogP) is -1.67. The second kappa shape index (κ2) is 4.52. The maximum Gasteiger partial charge on any atom is 0.276 e. The van der Waals surface area contributed by atoms with E-state index in [1.165, 1.54) is 0 Å². The van der Waals surface area contributed by atoms with E-state index in [4.69, 9.17) is 16.7 Å². The van der Waals surface area contributed by atoms with E-state index in [0.717, 1.165) is 8.61 Å². The van der Waals surface area contributed by atoms with Crippen LogP contribution in [0.2, 0.25) is 0 Å². The van der Waals surface area contributed by atoms with Crippen LogP contribution >= 0.6 is 11.6 Å². The van der Waals surface area contributed by atoms with Crippen molar-refractivity contribution in [3.8, 4) is 0 Å². The maximum absolute atomic E-state index is 11.3. The molecule has 1 saturated heterocycles. The highest BCUT2D eigenvalue weighted by Gasteiger charge is 2.29. The van der Waals surface area contributed by atoms with E-state index in [2.05, 4.69) is 0 Å². The van der Waals surface area contributed by atoms with Gasteiger partial charge in [-0.3, -0.25) is 0 Å². The summed E-state index contributed by atoms with van der Waals surface area (Å²) in [7, 11) is -7.18. The molecule has 10 heteroatoms. The second-order valence-electron chi connectivity index (χ2n) is 3.06. The number of nitrogens with zero attached hydrogens (tertiary/aromatic N) is 2. The maximum atomic E-state index is 11.3. The van der Waals surface area contributed by atoms with Crippen LogP contribution in [0, 0.1) is 0 Å². The van der Waals surface area contributed by atoms with Crippen LogP contribution in [0.5, 0.6) is 0 Å². The molecule has 0 aromatic rings. The number of alkyl halides is 1. The van der Waals surface area contributed by atoms with Crippen LogP contribution in [0.1, 0.15) is 0 Å².